The Balaban J connectivity index is 2.14. The molecular weight excluding hydrogens is 220 g/mol. The Labute approximate surface area is 97.3 Å². The minimum atomic E-state index is -0.776. The van der Waals surface area contributed by atoms with E-state index in [2.05, 4.69) is 15.1 Å². The molecule has 1 aliphatic rings. The van der Waals surface area contributed by atoms with Gasteiger partial charge in [0.15, 0.2) is 0 Å². The van der Waals surface area contributed by atoms with Crippen molar-refractivity contribution in [1.29, 1.82) is 0 Å². The monoisotopic (exact) mass is 232 g/mol. The highest BCUT2D eigenvalue weighted by Crippen LogP contribution is 2.43. The number of aromatic nitrogens is 4. The Kier molecular flexibility index (Phi) is 1.95. The van der Waals surface area contributed by atoms with E-state index >= 15 is 0 Å². The van der Waals surface area contributed by atoms with Crippen LogP contribution in [0.3, 0.4) is 0 Å². The molecule has 17 heavy (non-hydrogen) atoms. The molecule has 6 nitrogen and oxygen atoms in total. The molecule has 1 saturated carbocycles. The fraction of sp³-hybridized carbons (Fsp3) is 0.455. The predicted molar refractivity (Wildman–Crippen MR) is 58.7 cm³/mol. The summed E-state index contributed by atoms with van der Waals surface area (Å²) in [7, 11) is 0. The van der Waals surface area contributed by atoms with Gasteiger partial charge in [0.2, 0.25) is 0 Å². The lowest BCUT2D eigenvalue weighted by molar-refractivity contribution is -0.147. The van der Waals surface area contributed by atoms with Gasteiger partial charge in [-0.3, -0.25) is 4.79 Å². The standard InChI is InChI=1S/C11H12N4O2/c1-7-13-10-12-5-8(6-15(10)14-7)11(9(16)17)3-2-4-11/h5-6H,2-4H2,1H3,(H,16,17). The predicted octanol–water partition coefficient (Wildman–Crippen LogP) is 0.939. The van der Waals surface area contributed by atoms with Crippen LogP contribution < -0.4 is 0 Å². The first-order valence-electron chi connectivity index (χ1n) is 5.55. The number of aliphatic carboxylic acids is 1. The van der Waals surface area contributed by atoms with E-state index in [1.165, 1.54) is 0 Å². The number of fused-ring (bicyclic) bond motifs is 1. The van der Waals surface area contributed by atoms with Gasteiger partial charge in [0.25, 0.3) is 5.78 Å². The van der Waals surface area contributed by atoms with Crippen molar-refractivity contribution in [2.45, 2.75) is 31.6 Å². The van der Waals surface area contributed by atoms with Gasteiger partial charge in [-0.2, -0.15) is 10.1 Å². The molecule has 1 N–H and O–H groups in total. The van der Waals surface area contributed by atoms with Crippen LogP contribution in [-0.2, 0) is 10.2 Å². The zero-order valence-corrected chi connectivity index (χ0v) is 9.42. The summed E-state index contributed by atoms with van der Waals surface area (Å²) in [5.41, 5.74) is -0.0465. The molecule has 0 spiro atoms. The van der Waals surface area contributed by atoms with E-state index in [9.17, 15) is 9.90 Å². The van der Waals surface area contributed by atoms with Gasteiger partial charge in [-0.1, -0.05) is 6.42 Å². The number of rotatable bonds is 2. The minimum absolute atomic E-state index is 0.506. The zero-order chi connectivity index (χ0) is 12.0. The molecule has 2 aromatic rings. The van der Waals surface area contributed by atoms with E-state index in [0.717, 1.165) is 6.42 Å². The van der Waals surface area contributed by atoms with Crippen molar-refractivity contribution in [2.75, 3.05) is 0 Å². The maximum absolute atomic E-state index is 11.4. The Morgan fingerprint density at radius 1 is 1.53 bits per heavy atom. The molecule has 0 atom stereocenters. The first kappa shape index (κ1) is 10.2. The quantitative estimate of drug-likeness (QED) is 0.833. The number of aryl methyl sites for hydroxylation is 1. The first-order chi connectivity index (χ1) is 8.12. The molecule has 88 valence electrons. The van der Waals surface area contributed by atoms with Crippen molar-refractivity contribution in [3.63, 3.8) is 0 Å². The summed E-state index contributed by atoms with van der Waals surface area (Å²) < 4.78 is 1.55. The molecule has 3 rings (SSSR count). The maximum atomic E-state index is 11.4. The van der Waals surface area contributed by atoms with Gasteiger partial charge in [0.05, 0.1) is 5.41 Å². The van der Waals surface area contributed by atoms with Crippen LogP contribution in [0.5, 0.6) is 0 Å². The lowest BCUT2D eigenvalue weighted by Gasteiger charge is -2.37. The number of hydrogen-bond donors (Lipinski definition) is 1. The average molecular weight is 232 g/mol. The fourth-order valence-electron chi connectivity index (χ4n) is 2.29. The van der Waals surface area contributed by atoms with E-state index in [1.807, 2.05) is 0 Å². The third kappa shape index (κ3) is 1.33. The summed E-state index contributed by atoms with van der Waals surface area (Å²) in [6.45, 7) is 1.78. The Morgan fingerprint density at radius 2 is 2.29 bits per heavy atom. The van der Waals surface area contributed by atoms with Crippen LogP contribution in [0.4, 0.5) is 0 Å². The lowest BCUT2D eigenvalue weighted by atomic mass is 9.65. The summed E-state index contributed by atoms with van der Waals surface area (Å²) in [5.74, 6) is 0.362. The highest BCUT2D eigenvalue weighted by atomic mass is 16.4. The number of carbonyl (C=O) groups is 1. The van der Waals surface area contributed by atoms with Crippen LogP contribution in [-0.4, -0.2) is 30.7 Å². The number of nitrogens with zero attached hydrogens (tertiary/aromatic N) is 4. The molecule has 0 radical (unpaired) electrons. The molecule has 0 saturated heterocycles. The average Bonchev–Trinajstić information content (AvgIpc) is 2.54. The molecule has 0 aliphatic heterocycles. The summed E-state index contributed by atoms with van der Waals surface area (Å²) in [4.78, 5) is 19.6. The van der Waals surface area contributed by atoms with E-state index in [1.54, 1.807) is 23.8 Å². The van der Waals surface area contributed by atoms with E-state index in [4.69, 9.17) is 0 Å². The molecule has 0 bridgehead atoms. The van der Waals surface area contributed by atoms with Crippen LogP contribution >= 0.6 is 0 Å². The molecule has 2 aromatic heterocycles. The zero-order valence-electron chi connectivity index (χ0n) is 9.42. The van der Waals surface area contributed by atoms with Crippen molar-refractivity contribution in [1.82, 2.24) is 19.6 Å². The van der Waals surface area contributed by atoms with Gasteiger partial charge in [0.1, 0.15) is 5.82 Å². The summed E-state index contributed by atoms with van der Waals surface area (Å²) in [5, 5.41) is 13.5. The second-order valence-corrected chi connectivity index (χ2v) is 4.49. The Bertz CT molecular complexity index is 601. The topological polar surface area (TPSA) is 80.4 Å². The highest BCUT2D eigenvalue weighted by Gasteiger charge is 2.46. The van der Waals surface area contributed by atoms with Gasteiger partial charge < -0.3 is 5.11 Å². The van der Waals surface area contributed by atoms with Gasteiger partial charge in [-0.25, -0.2) is 9.50 Å². The van der Waals surface area contributed by atoms with Crippen LogP contribution in [0.1, 0.15) is 30.7 Å². The van der Waals surface area contributed by atoms with Gasteiger partial charge in [-0.05, 0) is 19.8 Å². The van der Waals surface area contributed by atoms with Crippen molar-refractivity contribution in [3.8, 4) is 0 Å². The molecule has 1 aliphatic carbocycles. The van der Waals surface area contributed by atoms with Gasteiger partial charge in [0, 0.05) is 18.0 Å². The van der Waals surface area contributed by atoms with Crippen LogP contribution in [0, 0.1) is 6.92 Å². The summed E-state index contributed by atoms with van der Waals surface area (Å²) in [6, 6.07) is 0. The lowest BCUT2D eigenvalue weighted by Crippen LogP contribution is -2.42. The first-order valence-corrected chi connectivity index (χ1v) is 5.55. The summed E-state index contributed by atoms with van der Waals surface area (Å²) in [6.07, 6.45) is 5.62. The molecule has 0 aromatic carbocycles. The third-order valence-electron chi connectivity index (χ3n) is 3.47. The molecule has 0 unspecified atom stereocenters. The molecule has 0 amide bonds. The van der Waals surface area contributed by atoms with Gasteiger partial charge in [-0.15, -0.1) is 0 Å². The van der Waals surface area contributed by atoms with Crippen LogP contribution in [0.2, 0.25) is 0 Å². The molecule has 2 heterocycles. The molecule has 6 heteroatoms. The second kappa shape index (κ2) is 3.26. The van der Waals surface area contributed by atoms with Gasteiger partial charge >= 0.3 is 5.97 Å². The molecule has 1 fully saturated rings. The third-order valence-corrected chi connectivity index (χ3v) is 3.47. The normalized spacial score (nSPS) is 17.9. The van der Waals surface area contributed by atoms with E-state index in [-0.39, 0.29) is 0 Å². The fourth-order valence-corrected chi connectivity index (χ4v) is 2.29. The van der Waals surface area contributed by atoms with E-state index < -0.39 is 11.4 Å². The van der Waals surface area contributed by atoms with Crippen molar-refractivity contribution in [2.24, 2.45) is 0 Å². The van der Waals surface area contributed by atoms with Crippen molar-refractivity contribution in [3.05, 3.63) is 23.8 Å². The van der Waals surface area contributed by atoms with Crippen molar-refractivity contribution >= 4 is 11.7 Å². The Morgan fingerprint density at radius 3 is 2.88 bits per heavy atom. The maximum Gasteiger partial charge on any atom is 0.314 e. The number of carboxylic acids is 1. The smallest absolute Gasteiger partial charge is 0.314 e. The number of hydrogen-bond acceptors (Lipinski definition) is 4. The number of carboxylic acid groups (broad SMARTS) is 1. The van der Waals surface area contributed by atoms with Crippen molar-refractivity contribution < 1.29 is 9.90 Å². The van der Waals surface area contributed by atoms with E-state index in [0.29, 0.717) is 30.0 Å². The van der Waals surface area contributed by atoms with Crippen LogP contribution in [0.25, 0.3) is 5.78 Å². The SMILES string of the molecule is Cc1nc2ncc(C3(C(=O)O)CCC3)cn2n1. The summed E-state index contributed by atoms with van der Waals surface area (Å²) >= 11 is 0. The Hall–Kier alpha value is -1.98. The van der Waals surface area contributed by atoms with Crippen LogP contribution in [0.15, 0.2) is 12.4 Å². The second-order valence-electron chi connectivity index (χ2n) is 4.49. The molecular formula is C11H12N4O2. The minimum Gasteiger partial charge on any atom is -0.481 e. The highest BCUT2D eigenvalue weighted by molar-refractivity contribution is 5.82. The largest absolute Gasteiger partial charge is 0.481 e.